The quantitative estimate of drug-likeness (QED) is 0.446. The van der Waals surface area contributed by atoms with Crippen molar-refractivity contribution in [2.24, 2.45) is 0 Å². The van der Waals surface area contributed by atoms with Crippen LogP contribution in [0.2, 0.25) is 0 Å². The molecular formula is C22H32N4OS. The van der Waals surface area contributed by atoms with E-state index in [2.05, 4.69) is 38.7 Å². The molecule has 1 heterocycles. The predicted molar refractivity (Wildman–Crippen MR) is 118 cm³/mol. The standard InChI is InChI=1S/C22H32N4OS/c1-7-25(6)21(27)18-12-10-17(11-13-18)15-28-22-23-19(16(4)5)14-20(24-22)26(8-2)9-3/h10-14,16H,7-9,15H2,1-6H3. The second-order valence-corrected chi connectivity index (χ2v) is 8.01. The summed E-state index contributed by atoms with van der Waals surface area (Å²) in [7, 11) is 1.82. The third kappa shape index (κ3) is 5.71. The van der Waals surface area contributed by atoms with Gasteiger partial charge < -0.3 is 9.80 Å². The number of nitrogens with zero attached hydrogens (tertiary/aromatic N) is 4. The summed E-state index contributed by atoms with van der Waals surface area (Å²) in [4.78, 5) is 25.7. The van der Waals surface area contributed by atoms with Crippen molar-refractivity contribution < 1.29 is 4.79 Å². The number of anilines is 1. The van der Waals surface area contributed by atoms with E-state index in [9.17, 15) is 4.79 Å². The van der Waals surface area contributed by atoms with Crippen LogP contribution < -0.4 is 4.90 Å². The maximum atomic E-state index is 12.2. The molecule has 5 nitrogen and oxygen atoms in total. The van der Waals surface area contributed by atoms with Gasteiger partial charge in [0.1, 0.15) is 5.82 Å². The van der Waals surface area contributed by atoms with Gasteiger partial charge in [-0.25, -0.2) is 9.97 Å². The first-order chi connectivity index (χ1) is 13.4. The number of thioether (sulfide) groups is 1. The van der Waals surface area contributed by atoms with Gasteiger partial charge >= 0.3 is 0 Å². The first-order valence-electron chi connectivity index (χ1n) is 10.0. The van der Waals surface area contributed by atoms with Crippen LogP contribution in [0.3, 0.4) is 0 Å². The van der Waals surface area contributed by atoms with Crippen molar-refractivity contribution in [2.45, 2.75) is 51.4 Å². The van der Waals surface area contributed by atoms with E-state index in [1.807, 2.05) is 38.2 Å². The number of rotatable bonds is 9. The molecule has 0 N–H and O–H groups in total. The Morgan fingerprint density at radius 3 is 2.21 bits per heavy atom. The molecule has 1 amide bonds. The van der Waals surface area contributed by atoms with Crippen LogP contribution in [-0.4, -0.2) is 47.5 Å². The molecule has 28 heavy (non-hydrogen) atoms. The van der Waals surface area contributed by atoms with Gasteiger partial charge in [-0.1, -0.05) is 37.7 Å². The molecule has 0 atom stereocenters. The number of carbonyl (C=O) groups excluding carboxylic acids is 1. The Bertz CT molecular complexity index is 773. The molecule has 0 unspecified atom stereocenters. The van der Waals surface area contributed by atoms with Gasteiger partial charge in [-0.05, 0) is 44.4 Å². The average Bonchev–Trinajstić information content (AvgIpc) is 2.72. The van der Waals surface area contributed by atoms with Gasteiger partial charge in [-0.2, -0.15) is 0 Å². The molecule has 0 fully saturated rings. The zero-order chi connectivity index (χ0) is 20.7. The van der Waals surface area contributed by atoms with E-state index in [0.29, 0.717) is 12.5 Å². The van der Waals surface area contributed by atoms with Crippen molar-refractivity contribution in [3.05, 3.63) is 47.2 Å². The Hall–Kier alpha value is -2.08. The van der Waals surface area contributed by atoms with Gasteiger partial charge in [0.25, 0.3) is 5.91 Å². The van der Waals surface area contributed by atoms with E-state index in [1.54, 1.807) is 16.7 Å². The van der Waals surface area contributed by atoms with Crippen molar-refractivity contribution in [1.82, 2.24) is 14.9 Å². The molecule has 0 aliphatic rings. The molecule has 0 radical (unpaired) electrons. The number of benzene rings is 1. The maximum absolute atomic E-state index is 12.2. The summed E-state index contributed by atoms with van der Waals surface area (Å²) in [5, 5.41) is 0.805. The second kappa shape index (κ2) is 10.5. The summed E-state index contributed by atoms with van der Waals surface area (Å²) >= 11 is 1.64. The van der Waals surface area contributed by atoms with Crippen molar-refractivity contribution in [2.75, 3.05) is 31.6 Å². The number of amides is 1. The van der Waals surface area contributed by atoms with Crippen LogP contribution in [0.5, 0.6) is 0 Å². The van der Waals surface area contributed by atoms with Gasteiger partial charge in [-0.15, -0.1) is 0 Å². The van der Waals surface area contributed by atoms with Gasteiger partial charge in [0.2, 0.25) is 0 Å². The summed E-state index contributed by atoms with van der Waals surface area (Å²) in [5.41, 5.74) is 2.95. The number of hydrogen-bond acceptors (Lipinski definition) is 5. The molecule has 0 spiro atoms. The summed E-state index contributed by atoms with van der Waals surface area (Å²) in [6.45, 7) is 13.1. The molecule has 2 aromatic rings. The fourth-order valence-corrected chi connectivity index (χ4v) is 3.57. The molecule has 152 valence electrons. The lowest BCUT2D eigenvalue weighted by molar-refractivity contribution is 0.0802. The highest BCUT2D eigenvalue weighted by atomic mass is 32.2. The summed E-state index contributed by atoms with van der Waals surface area (Å²) in [5.74, 6) is 2.18. The minimum atomic E-state index is 0.0542. The van der Waals surface area contributed by atoms with Crippen molar-refractivity contribution in [3.8, 4) is 0 Å². The minimum Gasteiger partial charge on any atom is -0.357 e. The van der Waals surface area contributed by atoms with Gasteiger partial charge in [0.05, 0.1) is 0 Å². The van der Waals surface area contributed by atoms with E-state index in [-0.39, 0.29) is 5.91 Å². The Labute approximate surface area is 173 Å². The van der Waals surface area contributed by atoms with Crippen molar-refractivity contribution in [3.63, 3.8) is 0 Å². The fraction of sp³-hybridized carbons (Fsp3) is 0.500. The third-order valence-corrected chi connectivity index (χ3v) is 5.70. The van der Waals surface area contributed by atoms with Crippen LogP contribution in [0.1, 0.15) is 62.2 Å². The van der Waals surface area contributed by atoms with E-state index in [0.717, 1.165) is 46.6 Å². The highest BCUT2D eigenvalue weighted by Gasteiger charge is 2.13. The van der Waals surface area contributed by atoms with E-state index >= 15 is 0 Å². The number of aromatic nitrogens is 2. The zero-order valence-electron chi connectivity index (χ0n) is 17.9. The average molecular weight is 401 g/mol. The van der Waals surface area contributed by atoms with E-state index in [4.69, 9.17) is 9.97 Å². The topological polar surface area (TPSA) is 49.3 Å². The molecule has 0 saturated heterocycles. The number of hydrogen-bond donors (Lipinski definition) is 0. The fourth-order valence-electron chi connectivity index (χ4n) is 2.76. The highest BCUT2D eigenvalue weighted by molar-refractivity contribution is 7.98. The third-order valence-electron chi connectivity index (χ3n) is 4.78. The molecule has 1 aromatic carbocycles. The molecule has 0 aliphatic carbocycles. The smallest absolute Gasteiger partial charge is 0.253 e. The largest absolute Gasteiger partial charge is 0.357 e. The molecular weight excluding hydrogens is 368 g/mol. The highest BCUT2D eigenvalue weighted by Crippen LogP contribution is 2.25. The van der Waals surface area contributed by atoms with Crippen LogP contribution in [0.15, 0.2) is 35.5 Å². The van der Waals surface area contributed by atoms with Gasteiger partial charge in [-0.3, -0.25) is 4.79 Å². The maximum Gasteiger partial charge on any atom is 0.253 e. The molecule has 0 aliphatic heterocycles. The second-order valence-electron chi connectivity index (χ2n) is 7.07. The van der Waals surface area contributed by atoms with Crippen LogP contribution in [0, 0.1) is 0 Å². The first kappa shape index (κ1) is 22.2. The molecule has 6 heteroatoms. The first-order valence-corrected chi connectivity index (χ1v) is 11.0. The van der Waals surface area contributed by atoms with Crippen LogP contribution in [0.25, 0.3) is 0 Å². The minimum absolute atomic E-state index is 0.0542. The van der Waals surface area contributed by atoms with Gasteiger partial charge in [0, 0.05) is 49.8 Å². The Balaban J connectivity index is 2.14. The Morgan fingerprint density at radius 2 is 1.68 bits per heavy atom. The summed E-state index contributed by atoms with van der Waals surface area (Å²) in [6, 6.07) is 9.93. The lowest BCUT2D eigenvalue weighted by atomic mass is 10.1. The predicted octanol–water partition coefficient (Wildman–Crippen LogP) is 4.83. The van der Waals surface area contributed by atoms with Crippen molar-refractivity contribution >= 4 is 23.5 Å². The van der Waals surface area contributed by atoms with Crippen molar-refractivity contribution in [1.29, 1.82) is 0 Å². The lowest BCUT2D eigenvalue weighted by Crippen LogP contribution is -2.26. The summed E-state index contributed by atoms with van der Waals surface area (Å²) in [6.07, 6.45) is 0. The molecule has 1 aromatic heterocycles. The molecule has 2 rings (SSSR count). The normalized spacial score (nSPS) is 11.0. The molecule has 0 saturated carbocycles. The number of carbonyl (C=O) groups is 1. The van der Waals surface area contributed by atoms with E-state index in [1.165, 1.54) is 0 Å². The summed E-state index contributed by atoms with van der Waals surface area (Å²) < 4.78 is 0. The lowest BCUT2D eigenvalue weighted by Gasteiger charge is -2.21. The van der Waals surface area contributed by atoms with Crippen LogP contribution in [0.4, 0.5) is 5.82 Å². The van der Waals surface area contributed by atoms with Gasteiger partial charge in [0.15, 0.2) is 5.16 Å². The van der Waals surface area contributed by atoms with Crippen LogP contribution >= 0.6 is 11.8 Å². The monoisotopic (exact) mass is 400 g/mol. The van der Waals surface area contributed by atoms with E-state index < -0.39 is 0 Å². The Morgan fingerprint density at radius 1 is 1.04 bits per heavy atom. The SMILES string of the molecule is CCN(C)C(=O)c1ccc(CSc2nc(C(C)C)cc(N(CC)CC)n2)cc1. The zero-order valence-corrected chi connectivity index (χ0v) is 18.7. The van der Waals surface area contributed by atoms with Crippen LogP contribution in [-0.2, 0) is 5.75 Å². The Kier molecular flexibility index (Phi) is 8.30. The molecule has 0 bridgehead atoms.